The van der Waals surface area contributed by atoms with Crippen molar-refractivity contribution in [3.63, 3.8) is 0 Å². The van der Waals surface area contributed by atoms with Gasteiger partial charge in [0.2, 0.25) is 0 Å². The molecule has 2 aromatic rings. The number of quaternary nitrogens is 1. The second-order valence-electron chi connectivity index (χ2n) is 5.74. The van der Waals surface area contributed by atoms with Gasteiger partial charge in [0.15, 0.2) is 6.54 Å². The minimum absolute atomic E-state index is 0.158. The van der Waals surface area contributed by atoms with Crippen molar-refractivity contribution in [1.29, 1.82) is 0 Å². The van der Waals surface area contributed by atoms with Gasteiger partial charge in [-0.3, -0.25) is 4.79 Å². The second kappa shape index (κ2) is 7.33. The van der Waals surface area contributed by atoms with E-state index in [0.29, 0.717) is 5.56 Å². The third-order valence-corrected chi connectivity index (χ3v) is 3.90. The molecule has 0 radical (unpaired) electrons. The molecule has 0 fully saturated rings. The van der Waals surface area contributed by atoms with Crippen molar-refractivity contribution in [1.82, 2.24) is 0 Å². The highest BCUT2D eigenvalue weighted by Crippen LogP contribution is 2.15. The Balaban J connectivity index is 1.91. The van der Waals surface area contributed by atoms with E-state index in [1.807, 2.05) is 32.0 Å². The van der Waals surface area contributed by atoms with E-state index < -0.39 is 11.6 Å². The molecule has 0 bridgehead atoms. The average Bonchev–Trinajstić information content (AvgIpc) is 2.48. The predicted molar refractivity (Wildman–Crippen MR) is 86.1 cm³/mol. The number of halogens is 2. The van der Waals surface area contributed by atoms with Gasteiger partial charge in [0.25, 0.3) is 5.91 Å². The van der Waals surface area contributed by atoms with E-state index in [1.165, 1.54) is 12.1 Å². The Labute approximate surface area is 134 Å². The number of rotatable bonds is 5. The zero-order valence-electron chi connectivity index (χ0n) is 13.5. The van der Waals surface area contributed by atoms with Gasteiger partial charge in [0.05, 0.1) is 0 Å². The van der Waals surface area contributed by atoms with Crippen LogP contribution in [0.15, 0.2) is 36.4 Å². The van der Waals surface area contributed by atoms with Gasteiger partial charge < -0.3 is 10.6 Å². The van der Waals surface area contributed by atoms with Gasteiger partial charge in [0.1, 0.15) is 17.7 Å². The van der Waals surface area contributed by atoms with Crippen LogP contribution in [0.4, 0.5) is 14.5 Å². The van der Waals surface area contributed by atoms with Gasteiger partial charge in [-0.2, -0.15) is 0 Å². The van der Waals surface area contributed by atoms with Gasteiger partial charge >= 0.3 is 0 Å². The number of anilines is 1. The monoisotopic (exact) mass is 319 g/mol. The number of nitrogens with one attached hydrogen (secondary N) is 1. The first-order chi connectivity index (χ1) is 10.9. The molecular weight excluding hydrogens is 298 g/mol. The Bertz CT molecular complexity index is 716. The minimum atomic E-state index is -0.606. The van der Waals surface area contributed by atoms with Gasteiger partial charge in [-0.1, -0.05) is 6.07 Å². The maximum atomic E-state index is 13.7. The molecule has 0 spiro atoms. The fraction of sp³-hybridized carbons (Fsp3) is 0.278. The number of amides is 1. The first-order valence-electron chi connectivity index (χ1n) is 7.52. The molecule has 0 aliphatic carbocycles. The molecule has 1 atom stereocenters. The van der Waals surface area contributed by atoms with Crippen LogP contribution >= 0.6 is 0 Å². The number of nitrogens with two attached hydrogens (primary N) is 1. The number of hydrogen-bond donors (Lipinski definition) is 2. The standard InChI is InChI=1S/C18H20F2N2O/c1-11-4-6-15(8-12(11)2)22-18(23)10-21-13(3)16-7-5-14(19)9-17(16)20/h4-9,13,21H,10H2,1-3H3,(H,22,23)/p+1/t13-/m1/s1. The van der Waals surface area contributed by atoms with Crippen molar-refractivity contribution in [2.75, 3.05) is 11.9 Å². The van der Waals surface area contributed by atoms with Crippen LogP contribution in [-0.2, 0) is 4.79 Å². The van der Waals surface area contributed by atoms with Crippen LogP contribution in [0.3, 0.4) is 0 Å². The van der Waals surface area contributed by atoms with Crippen LogP contribution in [0, 0.1) is 25.5 Å². The Morgan fingerprint density at radius 2 is 1.87 bits per heavy atom. The molecule has 2 rings (SSSR count). The Morgan fingerprint density at radius 3 is 2.52 bits per heavy atom. The maximum Gasteiger partial charge on any atom is 0.279 e. The summed E-state index contributed by atoms with van der Waals surface area (Å²) in [5, 5.41) is 4.53. The highest BCUT2D eigenvalue weighted by molar-refractivity contribution is 5.91. The molecular formula is C18H21F2N2O+. The second-order valence-corrected chi connectivity index (χ2v) is 5.74. The summed E-state index contributed by atoms with van der Waals surface area (Å²) in [6.07, 6.45) is 0. The normalized spacial score (nSPS) is 12.0. The minimum Gasteiger partial charge on any atom is -0.332 e. The lowest BCUT2D eigenvalue weighted by molar-refractivity contribution is -0.682. The average molecular weight is 319 g/mol. The predicted octanol–water partition coefficient (Wildman–Crippen LogP) is 2.84. The lowest BCUT2D eigenvalue weighted by Crippen LogP contribution is -2.86. The van der Waals surface area contributed by atoms with Crippen LogP contribution in [0.1, 0.15) is 29.7 Å². The van der Waals surface area contributed by atoms with Crippen molar-refractivity contribution < 1.29 is 18.9 Å². The highest BCUT2D eigenvalue weighted by atomic mass is 19.1. The Hall–Kier alpha value is -2.27. The number of aryl methyl sites for hydroxylation is 2. The molecule has 5 heteroatoms. The number of carbonyl (C=O) groups excluding carboxylic acids is 1. The quantitative estimate of drug-likeness (QED) is 0.874. The number of benzene rings is 2. The first kappa shape index (κ1) is 17.1. The maximum absolute atomic E-state index is 13.7. The van der Waals surface area contributed by atoms with E-state index in [2.05, 4.69) is 5.32 Å². The smallest absolute Gasteiger partial charge is 0.279 e. The summed E-state index contributed by atoms with van der Waals surface area (Å²) < 4.78 is 26.6. The van der Waals surface area contributed by atoms with Gasteiger partial charge in [-0.15, -0.1) is 0 Å². The molecule has 2 aromatic carbocycles. The van der Waals surface area contributed by atoms with Crippen LogP contribution < -0.4 is 10.6 Å². The largest absolute Gasteiger partial charge is 0.332 e. The molecule has 23 heavy (non-hydrogen) atoms. The Kier molecular flexibility index (Phi) is 5.45. The van der Waals surface area contributed by atoms with Crippen LogP contribution in [-0.4, -0.2) is 12.5 Å². The zero-order chi connectivity index (χ0) is 17.0. The van der Waals surface area contributed by atoms with Gasteiger partial charge in [-0.05, 0) is 56.2 Å². The summed E-state index contributed by atoms with van der Waals surface area (Å²) >= 11 is 0. The van der Waals surface area contributed by atoms with Crippen LogP contribution in [0.25, 0.3) is 0 Å². The topological polar surface area (TPSA) is 45.7 Å². The summed E-state index contributed by atoms with van der Waals surface area (Å²) in [7, 11) is 0. The molecule has 0 aromatic heterocycles. The zero-order valence-corrected chi connectivity index (χ0v) is 13.5. The molecule has 0 saturated heterocycles. The number of hydrogen-bond acceptors (Lipinski definition) is 1. The van der Waals surface area contributed by atoms with Gasteiger partial charge in [0, 0.05) is 17.3 Å². The van der Waals surface area contributed by atoms with Crippen molar-refractivity contribution in [2.45, 2.75) is 26.8 Å². The number of carbonyl (C=O) groups is 1. The summed E-state index contributed by atoms with van der Waals surface area (Å²) in [5.74, 6) is -1.36. The lowest BCUT2D eigenvalue weighted by Gasteiger charge is -2.12. The fourth-order valence-corrected chi connectivity index (χ4v) is 2.31. The SMILES string of the molecule is Cc1ccc(NC(=O)C[NH2+][C@H](C)c2ccc(F)cc2F)cc1C. The molecule has 0 aliphatic heterocycles. The van der Waals surface area contributed by atoms with Crippen molar-refractivity contribution in [2.24, 2.45) is 0 Å². The van der Waals surface area contributed by atoms with E-state index in [1.54, 1.807) is 12.2 Å². The molecule has 0 heterocycles. The van der Waals surface area contributed by atoms with Crippen LogP contribution in [0.2, 0.25) is 0 Å². The molecule has 122 valence electrons. The summed E-state index contributed by atoms with van der Waals surface area (Å²) in [6, 6.07) is 8.92. The van der Waals surface area contributed by atoms with Crippen molar-refractivity contribution in [3.05, 3.63) is 64.7 Å². The van der Waals surface area contributed by atoms with E-state index in [4.69, 9.17) is 0 Å². The van der Waals surface area contributed by atoms with E-state index in [9.17, 15) is 13.6 Å². The molecule has 0 saturated carbocycles. The van der Waals surface area contributed by atoms with E-state index in [0.717, 1.165) is 22.9 Å². The van der Waals surface area contributed by atoms with E-state index >= 15 is 0 Å². The Morgan fingerprint density at radius 1 is 1.13 bits per heavy atom. The van der Waals surface area contributed by atoms with Crippen molar-refractivity contribution in [3.8, 4) is 0 Å². The van der Waals surface area contributed by atoms with Gasteiger partial charge in [-0.25, -0.2) is 8.78 Å². The van der Waals surface area contributed by atoms with Crippen molar-refractivity contribution >= 4 is 11.6 Å². The third kappa shape index (κ3) is 4.60. The summed E-state index contributed by atoms with van der Waals surface area (Å²) in [4.78, 5) is 12.0. The molecule has 3 nitrogen and oxygen atoms in total. The fourth-order valence-electron chi connectivity index (χ4n) is 2.31. The lowest BCUT2D eigenvalue weighted by atomic mass is 10.1. The summed E-state index contributed by atoms with van der Waals surface area (Å²) in [6.45, 7) is 5.93. The molecule has 0 unspecified atom stereocenters. The molecule has 1 amide bonds. The third-order valence-electron chi connectivity index (χ3n) is 3.90. The molecule has 0 aliphatic rings. The van der Waals surface area contributed by atoms with Crippen LogP contribution in [0.5, 0.6) is 0 Å². The summed E-state index contributed by atoms with van der Waals surface area (Å²) in [5.41, 5.74) is 3.39. The molecule has 3 N–H and O–H groups in total. The first-order valence-corrected chi connectivity index (χ1v) is 7.52. The van der Waals surface area contributed by atoms with E-state index in [-0.39, 0.29) is 18.5 Å². The highest BCUT2D eigenvalue weighted by Gasteiger charge is 2.16.